The van der Waals surface area contributed by atoms with Gasteiger partial charge in [0.25, 0.3) is 0 Å². The van der Waals surface area contributed by atoms with Gasteiger partial charge in [-0.25, -0.2) is 0 Å². The summed E-state index contributed by atoms with van der Waals surface area (Å²) in [6.45, 7) is 3.81. The van der Waals surface area contributed by atoms with E-state index in [0.717, 1.165) is 5.75 Å². The summed E-state index contributed by atoms with van der Waals surface area (Å²) in [5, 5.41) is 8.41. The molecule has 0 amide bonds. The Labute approximate surface area is 87.8 Å². The van der Waals surface area contributed by atoms with Crippen LogP contribution in [0.15, 0.2) is 0 Å². The van der Waals surface area contributed by atoms with E-state index in [1.54, 1.807) is 0 Å². The molecule has 0 aliphatic heterocycles. The normalized spacial score (nSPS) is 12.2. The molecule has 0 saturated heterocycles. The van der Waals surface area contributed by atoms with E-state index in [1.807, 2.05) is 13.8 Å². The van der Waals surface area contributed by atoms with Gasteiger partial charge in [0.15, 0.2) is 0 Å². The molecule has 0 aromatic carbocycles. The fourth-order valence-corrected chi connectivity index (χ4v) is 1.69. The highest BCUT2D eigenvalue weighted by Crippen LogP contribution is 2.10. The molecular formula is C8H14O3S2. The summed E-state index contributed by atoms with van der Waals surface area (Å²) in [6.07, 6.45) is 0.517. The minimum Gasteiger partial charge on any atom is -0.481 e. The monoisotopic (exact) mass is 222 g/mol. The Morgan fingerprint density at radius 2 is 2.31 bits per heavy atom. The highest BCUT2D eigenvalue weighted by molar-refractivity contribution is 8.22. The van der Waals surface area contributed by atoms with Gasteiger partial charge in [-0.3, -0.25) is 4.79 Å². The fourth-order valence-electron chi connectivity index (χ4n) is 0.702. The summed E-state index contributed by atoms with van der Waals surface area (Å²) in [6, 6.07) is 0. The van der Waals surface area contributed by atoms with Crippen LogP contribution in [-0.4, -0.2) is 27.3 Å². The first kappa shape index (κ1) is 12.7. The molecule has 0 fully saturated rings. The van der Waals surface area contributed by atoms with Crippen molar-refractivity contribution in [1.82, 2.24) is 0 Å². The highest BCUT2D eigenvalue weighted by Gasteiger charge is 2.08. The lowest BCUT2D eigenvalue weighted by Gasteiger charge is -2.12. The molecule has 0 radical (unpaired) electrons. The van der Waals surface area contributed by atoms with Gasteiger partial charge in [0.2, 0.25) is 4.38 Å². The van der Waals surface area contributed by atoms with Crippen molar-refractivity contribution in [1.29, 1.82) is 0 Å². The van der Waals surface area contributed by atoms with E-state index in [0.29, 0.717) is 10.8 Å². The molecule has 1 N–H and O–H groups in total. The maximum Gasteiger partial charge on any atom is 0.303 e. The van der Waals surface area contributed by atoms with Gasteiger partial charge >= 0.3 is 5.97 Å². The lowest BCUT2D eigenvalue weighted by Crippen LogP contribution is -2.13. The summed E-state index contributed by atoms with van der Waals surface area (Å²) in [4.78, 5) is 10.2. The Morgan fingerprint density at radius 3 is 2.77 bits per heavy atom. The van der Waals surface area contributed by atoms with Crippen LogP contribution >= 0.6 is 24.0 Å². The fraction of sp³-hybridized carbons (Fsp3) is 0.750. The zero-order valence-electron chi connectivity index (χ0n) is 7.78. The Bertz CT molecular complexity index is 182. The molecule has 0 bridgehead atoms. The lowest BCUT2D eigenvalue weighted by atomic mass is 10.2. The molecule has 1 atom stereocenters. The summed E-state index contributed by atoms with van der Waals surface area (Å²) in [5.74, 6) is 0.0781. The second-order valence-corrected chi connectivity index (χ2v) is 4.41. The van der Waals surface area contributed by atoms with Gasteiger partial charge in [-0.1, -0.05) is 18.7 Å². The summed E-state index contributed by atoms with van der Waals surface area (Å²) >= 11 is 6.36. The predicted octanol–water partition coefficient (Wildman–Crippen LogP) is 2.29. The zero-order valence-corrected chi connectivity index (χ0v) is 9.41. The predicted molar refractivity (Wildman–Crippen MR) is 58.1 cm³/mol. The van der Waals surface area contributed by atoms with Crippen LogP contribution in [-0.2, 0) is 9.53 Å². The van der Waals surface area contributed by atoms with Crippen molar-refractivity contribution in [3.63, 3.8) is 0 Å². The van der Waals surface area contributed by atoms with Gasteiger partial charge in [-0.05, 0) is 31.3 Å². The Balaban J connectivity index is 3.55. The van der Waals surface area contributed by atoms with Crippen LogP contribution in [0.5, 0.6) is 0 Å². The number of aliphatic carboxylic acids is 1. The van der Waals surface area contributed by atoms with Crippen molar-refractivity contribution in [2.75, 3.05) is 5.75 Å². The van der Waals surface area contributed by atoms with E-state index in [-0.39, 0.29) is 12.5 Å². The molecule has 76 valence electrons. The number of hydrogen-bond acceptors (Lipinski definition) is 4. The molecule has 1 unspecified atom stereocenters. The van der Waals surface area contributed by atoms with E-state index in [1.165, 1.54) is 11.8 Å². The number of carboxylic acid groups (broad SMARTS) is 1. The number of ether oxygens (including phenoxy) is 1. The third-order valence-corrected chi connectivity index (χ3v) is 2.39. The molecule has 0 rings (SSSR count). The van der Waals surface area contributed by atoms with Crippen LogP contribution in [0.1, 0.15) is 26.7 Å². The van der Waals surface area contributed by atoms with Crippen LogP contribution in [0, 0.1) is 0 Å². The van der Waals surface area contributed by atoms with Gasteiger partial charge in [-0.2, -0.15) is 0 Å². The van der Waals surface area contributed by atoms with Crippen molar-refractivity contribution >= 4 is 34.3 Å². The second kappa shape index (κ2) is 7.15. The molecule has 0 aromatic heterocycles. The first-order chi connectivity index (χ1) is 6.06. The topological polar surface area (TPSA) is 46.5 Å². The molecule has 13 heavy (non-hydrogen) atoms. The molecule has 5 heteroatoms. The maximum absolute atomic E-state index is 10.2. The second-order valence-electron chi connectivity index (χ2n) is 2.54. The largest absolute Gasteiger partial charge is 0.481 e. The Kier molecular flexibility index (Phi) is 6.99. The average Bonchev–Trinajstić information content (AvgIpc) is 2.01. The summed E-state index contributed by atoms with van der Waals surface area (Å²) < 4.78 is 5.77. The SMILES string of the molecule is CCSC(=S)OC(C)CCC(=O)O. The van der Waals surface area contributed by atoms with Crippen LogP contribution in [0.25, 0.3) is 0 Å². The van der Waals surface area contributed by atoms with Crippen LogP contribution in [0.2, 0.25) is 0 Å². The van der Waals surface area contributed by atoms with E-state index < -0.39 is 5.97 Å². The minimum absolute atomic E-state index is 0.109. The molecule has 0 spiro atoms. The number of carboxylic acids is 1. The van der Waals surface area contributed by atoms with E-state index in [2.05, 4.69) is 0 Å². The molecule has 3 nitrogen and oxygen atoms in total. The first-order valence-electron chi connectivity index (χ1n) is 4.11. The minimum atomic E-state index is -0.801. The number of hydrogen-bond donors (Lipinski definition) is 1. The average molecular weight is 222 g/mol. The van der Waals surface area contributed by atoms with Gasteiger partial charge in [-0.15, -0.1) is 0 Å². The summed E-state index contributed by atoms with van der Waals surface area (Å²) in [7, 11) is 0. The van der Waals surface area contributed by atoms with E-state index in [9.17, 15) is 4.79 Å². The van der Waals surface area contributed by atoms with Gasteiger partial charge in [0.05, 0.1) is 6.10 Å². The number of carbonyl (C=O) groups is 1. The van der Waals surface area contributed by atoms with Crippen molar-refractivity contribution in [3.05, 3.63) is 0 Å². The van der Waals surface area contributed by atoms with E-state index >= 15 is 0 Å². The standard InChI is InChI=1S/C8H14O3S2/c1-3-13-8(12)11-6(2)4-5-7(9)10/h6H,3-5H2,1-2H3,(H,9,10). The molecule has 0 heterocycles. The van der Waals surface area contributed by atoms with E-state index in [4.69, 9.17) is 22.1 Å². The molecular weight excluding hydrogens is 208 g/mol. The van der Waals surface area contributed by atoms with Crippen molar-refractivity contribution in [3.8, 4) is 0 Å². The third kappa shape index (κ3) is 8.05. The van der Waals surface area contributed by atoms with Gasteiger partial charge in [0.1, 0.15) is 0 Å². The van der Waals surface area contributed by atoms with Crippen LogP contribution < -0.4 is 0 Å². The maximum atomic E-state index is 10.2. The van der Waals surface area contributed by atoms with Crippen molar-refractivity contribution in [2.24, 2.45) is 0 Å². The highest BCUT2D eigenvalue weighted by atomic mass is 32.2. The number of thiocarbonyl (C=S) groups is 1. The van der Waals surface area contributed by atoms with Crippen LogP contribution in [0.4, 0.5) is 0 Å². The van der Waals surface area contributed by atoms with Gasteiger partial charge in [0, 0.05) is 6.42 Å². The first-order valence-corrected chi connectivity index (χ1v) is 5.50. The van der Waals surface area contributed by atoms with Crippen molar-refractivity contribution in [2.45, 2.75) is 32.8 Å². The number of rotatable bonds is 5. The van der Waals surface area contributed by atoms with Crippen molar-refractivity contribution < 1.29 is 14.6 Å². The third-order valence-electron chi connectivity index (χ3n) is 1.32. The number of thioether (sulfide) groups is 1. The summed E-state index contributed by atoms with van der Waals surface area (Å²) in [5.41, 5.74) is 0. The molecule has 0 aliphatic carbocycles. The smallest absolute Gasteiger partial charge is 0.303 e. The molecule has 0 aromatic rings. The molecule has 0 aliphatic rings. The Hall–Kier alpha value is -0.290. The van der Waals surface area contributed by atoms with Crippen LogP contribution in [0.3, 0.4) is 0 Å². The Morgan fingerprint density at radius 1 is 1.69 bits per heavy atom. The lowest BCUT2D eigenvalue weighted by molar-refractivity contribution is -0.137. The zero-order chi connectivity index (χ0) is 10.3. The quantitative estimate of drug-likeness (QED) is 0.723. The molecule has 0 saturated carbocycles. The van der Waals surface area contributed by atoms with Gasteiger partial charge < -0.3 is 9.84 Å².